The Kier molecular flexibility index (Phi) is 6.33. The normalized spacial score (nSPS) is 30.3. The molecule has 2 unspecified atom stereocenters. The van der Waals surface area contributed by atoms with E-state index < -0.39 is 0 Å². The monoisotopic (exact) mass is 762 g/mol. The molecule has 8 heterocycles. The molecule has 4 aliphatic rings. The van der Waals surface area contributed by atoms with E-state index in [0.717, 1.165) is 0 Å². The molecule has 0 aliphatic heterocycles. The van der Waals surface area contributed by atoms with Crippen molar-refractivity contribution < 1.29 is 0 Å². The van der Waals surface area contributed by atoms with Crippen LogP contribution in [0.25, 0.3) is 11.1 Å². The van der Waals surface area contributed by atoms with Gasteiger partial charge in [0.15, 0.2) is 0 Å². The van der Waals surface area contributed by atoms with E-state index in [-0.39, 0.29) is 33.5 Å². The summed E-state index contributed by atoms with van der Waals surface area (Å²) in [5.41, 5.74) is 2.11. The van der Waals surface area contributed by atoms with E-state index in [2.05, 4.69) is 140 Å². The molecule has 4 aliphatic carbocycles. The van der Waals surface area contributed by atoms with Gasteiger partial charge in [-0.1, -0.05) is 48.5 Å². The second kappa shape index (κ2) is 10.4. The molecule has 0 aromatic carbocycles. The molecule has 0 spiro atoms. The predicted octanol–water partition coefficient (Wildman–Crippen LogP) is 13.4. The van der Waals surface area contributed by atoms with Crippen LogP contribution in [0.5, 0.6) is 0 Å². The second-order valence-corrected chi connectivity index (χ2v) is 20.4. The molecule has 0 nitrogen and oxygen atoms in total. The maximum Gasteiger partial charge on any atom is 0.0555 e. The summed E-state index contributed by atoms with van der Waals surface area (Å²) in [5, 5.41) is 18.6. The van der Waals surface area contributed by atoms with E-state index in [4.69, 9.17) is 0 Å². The van der Waals surface area contributed by atoms with Crippen LogP contribution in [0.2, 0.25) is 0 Å². The van der Waals surface area contributed by atoms with Gasteiger partial charge in [0.25, 0.3) is 0 Å². The van der Waals surface area contributed by atoms with Crippen molar-refractivity contribution in [2.24, 2.45) is 0 Å². The van der Waals surface area contributed by atoms with Gasteiger partial charge in [0.05, 0.1) is 5.41 Å². The van der Waals surface area contributed by atoms with Gasteiger partial charge >= 0.3 is 0 Å². The lowest BCUT2D eigenvalue weighted by Gasteiger charge is -2.56. The van der Waals surface area contributed by atoms with Crippen LogP contribution in [0.15, 0.2) is 140 Å². The molecule has 48 heavy (non-hydrogen) atoms. The summed E-state index contributed by atoms with van der Waals surface area (Å²) < 4.78 is 0. The van der Waals surface area contributed by atoms with E-state index in [1.54, 1.807) is 11.1 Å². The summed E-state index contributed by atoms with van der Waals surface area (Å²) in [7, 11) is 0. The summed E-state index contributed by atoms with van der Waals surface area (Å²) in [6, 6.07) is 38.2. The fourth-order valence-electron chi connectivity index (χ4n) is 10.7. The predicted molar refractivity (Wildman–Crippen MR) is 214 cm³/mol. The lowest BCUT2D eigenvalue weighted by molar-refractivity contribution is 0.329. The standard InChI is InChI=1S/C40H26S8/c1-9-25(41-17-1)33-34(26-10-2-18-42-26)38(30-14-6-22-46-30)39(31-15-7-23-47-31)35(27-11-3-19-43-27)37(33,29-13-5-21-45-29)36(28-12-4-20-44-28)40(38,39)32-16-8-24-48-32/h1-24,35-36H/t35-,36+,37?,38?,39+,40-. The SMILES string of the molecule is c1csc(C2=C(c3cccs3)C3(c4cccs4)[C@]4(c5cccs5)[C@H](c5cccs5)C2(c2cccs2)[C@H](c2cccs2)[C@]34c2cccs2)c1. The largest absolute Gasteiger partial charge is 0.149 e. The van der Waals surface area contributed by atoms with Gasteiger partial charge < -0.3 is 0 Å². The highest BCUT2D eigenvalue weighted by atomic mass is 32.1. The van der Waals surface area contributed by atoms with Gasteiger partial charge in [-0.2, -0.15) is 0 Å². The molecule has 2 saturated carbocycles. The highest BCUT2D eigenvalue weighted by molar-refractivity contribution is 7.14. The van der Waals surface area contributed by atoms with Gasteiger partial charge in [-0.25, -0.2) is 0 Å². The number of hydrogen-bond donors (Lipinski definition) is 0. The summed E-state index contributed by atoms with van der Waals surface area (Å²) in [6.45, 7) is 0. The third-order valence-corrected chi connectivity index (χ3v) is 19.1. The molecule has 0 amide bonds. The molecule has 0 N–H and O–H groups in total. The molecular weight excluding hydrogens is 737 g/mol. The Labute approximate surface area is 311 Å². The van der Waals surface area contributed by atoms with Crippen molar-refractivity contribution in [1.29, 1.82) is 0 Å². The molecule has 8 aromatic heterocycles. The maximum atomic E-state index is 2.50. The van der Waals surface area contributed by atoms with E-state index in [9.17, 15) is 0 Å². The van der Waals surface area contributed by atoms with Crippen LogP contribution in [0.1, 0.15) is 50.9 Å². The van der Waals surface area contributed by atoms with Crippen LogP contribution in [0.4, 0.5) is 0 Å². The van der Waals surface area contributed by atoms with Gasteiger partial charge in [-0.15, -0.1) is 90.7 Å². The van der Waals surface area contributed by atoms with E-state index in [1.807, 2.05) is 90.7 Å². The van der Waals surface area contributed by atoms with Crippen LogP contribution >= 0.6 is 90.7 Å². The Balaban J connectivity index is 1.49. The molecule has 8 heteroatoms. The summed E-state index contributed by atoms with van der Waals surface area (Å²) >= 11 is 15.7. The van der Waals surface area contributed by atoms with Gasteiger partial charge in [-0.3, -0.25) is 0 Å². The van der Waals surface area contributed by atoms with Crippen molar-refractivity contribution in [3.05, 3.63) is 179 Å². The van der Waals surface area contributed by atoms with Gasteiger partial charge in [0.2, 0.25) is 0 Å². The van der Waals surface area contributed by atoms with Gasteiger partial charge in [-0.05, 0) is 103 Å². The second-order valence-electron chi connectivity index (χ2n) is 12.7. The van der Waals surface area contributed by atoms with Crippen LogP contribution in [-0.2, 0) is 21.7 Å². The van der Waals surface area contributed by atoms with Crippen molar-refractivity contribution >= 4 is 102 Å². The number of allylic oxidation sites excluding steroid dienone is 2. The topological polar surface area (TPSA) is 0 Å². The lowest BCUT2D eigenvalue weighted by Crippen LogP contribution is -2.51. The Hall–Kier alpha value is -2.66. The third kappa shape index (κ3) is 3.10. The number of rotatable bonds is 8. The van der Waals surface area contributed by atoms with Gasteiger partial charge in [0, 0.05) is 67.1 Å². The zero-order valence-corrected chi connectivity index (χ0v) is 31.8. The smallest absolute Gasteiger partial charge is 0.0555 e. The molecule has 0 saturated heterocycles. The third-order valence-electron chi connectivity index (χ3n) is 11.4. The van der Waals surface area contributed by atoms with E-state index in [1.165, 1.54) is 39.0 Å². The fourth-order valence-corrected chi connectivity index (χ4v) is 18.5. The van der Waals surface area contributed by atoms with Crippen LogP contribution < -0.4 is 0 Å². The highest BCUT2D eigenvalue weighted by Gasteiger charge is 3.03. The zero-order valence-electron chi connectivity index (χ0n) is 25.3. The average Bonchev–Trinajstić information content (AvgIpc) is 3.98. The molecular formula is C40H26S8. The minimum atomic E-state index is -0.305. The first kappa shape index (κ1) is 29.1. The van der Waals surface area contributed by atoms with Crippen LogP contribution in [-0.4, -0.2) is 0 Å². The van der Waals surface area contributed by atoms with Crippen LogP contribution in [0, 0.1) is 0 Å². The molecule has 2 fully saturated rings. The zero-order chi connectivity index (χ0) is 31.6. The molecule has 4 bridgehead atoms. The Morgan fingerprint density at radius 3 is 1.17 bits per heavy atom. The molecule has 0 radical (unpaired) electrons. The summed E-state index contributed by atoms with van der Waals surface area (Å²) in [4.78, 5) is 11.9. The van der Waals surface area contributed by atoms with Crippen molar-refractivity contribution in [2.75, 3.05) is 0 Å². The lowest BCUT2D eigenvalue weighted by atomic mass is 9.48. The van der Waals surface area contributed by atoms with Crippen molar-refractivity contribution in [2.45, 2.75) is 33.5 Å². The molecule has 234 valence electrons. The van der Waals surface area contributed by atoms with Crippen LogP contribution in [0.3, 0.4) is 0 Å². The molecule has 8 aromatic rings. The maximum absolute atomic E-state index is 2.50. The molecule has 6 atom stereocenters. The summed E-state index contributed by atoms with van der Waals surface area (Å²) in [6.07, 6.45) is 0. The minimum absolute atomic E-state index is 0.215. The van der Waals surface area contributed by atoms with Gasteiger partial charge in [0.1, 0.15) is 0 Å². The van der Waals surface area contributed by atoms with E-state index >= 15 is 0 Å². The minimum Gasteiger partial charge on any atom is -0.149 e. The first-order chi connectivity index (χ1) is 23.8. The average molecular weight is 763 g/mol. The van der Waals surface area contributed by atoms with E-state index in [0.29, 0.717) is 0 Å². The first-order valence-corrected chi connectivity index (χ1v) is 22.9. The van der Waals surface area contributed by atoms with Crippen molar-refractivity contribution in [1.82, 2.24) is 0 Å². The number of thiophene rings is 8. The Morgan fingerprint density at radius 1 is 0.354 bits per heavy atom. The fraction of sp³-hybridized carbons (Fsp3) is 0.150. The van der Waals surface area contributed by atoms with Crippen molar-refractivity contribution in [3.8, 4) is 0 Å². The quantitative estimate of drug-likeness (QED) is 0.145. The Bertz CT molecular complexity index is 2170. The number of hydrogen-bond acceptors (Lipinski definition) is 8. The molecule has 12 rings (SSSR count). The first-order valence-electron chi connectivity index (χ1n) is 15.9. The summed E-state index contributed by atoms with van der Waals surface area (Å²) in [5.74, 6) is 0.443. The highest BCUT2D eigenvalue weighted by Crippen LogP contribution is 3.02. The van der Waals surface area contributed by atoms with Crippen molar-refractivity contribution in [3.63, 3.8) is 0 Å². The Morgan fingerprint density at radius 2 is 0.750 bits per heavy atom.